The standard InChI is InChI=1S/C28H37N5O2/c1-6-10-22(11-7-2)33-25(8-3)30-27-26(33)28(34)31(4)19-32(27)24-14-13-23(35-5)17-21(24)16-20-12-9-15-29-18-20/h9,12-15,17-18,22H,6-8,10-11,16,19H2,1-5H3. The largest absolute Gasteiger partial charge is 0.497 e. The molecule has 7 heteroatoms. The summed E-state index contributed by atoms with van der Waals surface area (Å²) in [7, 11) is 3.56. The third kappa shape index (κ3) is 4.90. The number of aromatic nitrogens is 3. The first-order valence-electron chi connectivity index (χ1n) is 12.7. The smallest absolute Gasteiger partial charge is 0.275 e. The maximum absolute atomic E-state index is 13.5. The summed E-state index contributed by atoms with van der Waals surface area (Å²) >= 11 is 0. The number of rotatable bonds is 10. The molecule has 4 rings (SSSR count). The molecule has 7 nitrogen and oxygen atoms in total. The van der Waals surface area contributed by atoms with Crippen molar-refractivity contribution in [3.63, 3.8) is 0 Å². The van der Waals surface area contributed by atoms with Gasteiger partial charge in [0.2, 0.25) is 0 Å². The molecule has 0 bridgehead atoms. The SMILES string of the molecule is CCCC(CCC)n1c(CC)nc2c1C(=O)N(C)CN2c1ccc(OC)cc1Cc1cccnc1. The Morgan fingerprint density at radius 3 is 2.51 bits per heavy atom. The Morgan fingerprint density at radius 1 is 1.11 bits per heavy atom. The molecule has 0 radical (unpaired) electrons. The van der Waals surface area contributed by atoms with Crippen LogP contribution in [-0.4, -0.2) is 46.2 Å². The average Bonchev–Trinajstić information content (AvgIpc) is 3.27. The molecule has 2 aromatic heterocycles. The second kappa shape index (κ2) is 10.9. The highest BCUT2D eigenvalue weighted by Crippen LogP contribution is 2.39. The van der Waals surface area contributed by atoms with E-state index in [0.29, 0.717) is 18.8 Å². The molecule has 0 aliphatic carbocycles. The zero-order chi connectivity index (χ0) is 24.9. The molecule has 0 spiro atoms. The number of nitrogens with zero attached hydrogens (tertiary/aromatic N) is 5. The highest BCUT2D eigenvalue weighted by atomic mass is 16.5. The van der Waals surface area contributed by atoms with Crippen molar-refractivity contribution in [2.45, 2.75) is 65.3 Å². The number of carbonyl (C=O) groups is 1. The number of carbonyl (C=O) groups excluding carboxylic acids is 1. The molecule has 0 saturated heterocycles. The number of hydrogen-bond acceptors (Lipinski definition) is 5. The Kier molecular flexibility index (Phi) is 7.73. The van der Waals surface area contributed by atoms with Crippen LogP contribution in [0, 0.1) is 0 Å². The maximum atomic E-state index is 13.5. The van der Waals surface area contributed by atoms with Gasteiger partial charge in [0.05, 0.1) is 13.8 Å². The summed E-state index contributed by atoms with van der Waals surface area (Å²) in [6.45, 7) is 6.99. The lowest BCUT2D eigenvalue weighted by atomic mass is 10.0. The van der Waals surface area contributed by atoms with Gasteiger partial charge in [-0.25, -0.2) is 4.98 Å². The summed E-state index contributed by atoms with van der Waals surface area (Å²) in [4.78, 5) is 26.9. The number of fused-ring (bicyclic) bond motifs is 1. The summed E-state index contributed by atoms with van der Waals surface area (Å²) in [5, 5.41) is 0. The van der Waals surface area contributed by atoms with E-state index in [0.717, 1.165) is 66.3 Å². The minimum Gasteiger partial charge on any atom is -0.497 e. The van der Waals surface area contributed by atoms with Crippen LogP contribution in [0.15, 0.2) is 42.7 Å². The number of hydrogen-bond donors (Lipinski definition) is 0. The van der Waals surface area contributed by atoms with Gasteiger partial charge in [-0.1, -0.05) is 39.7 Å². The van der Waals surface area contributed by atoms with Gasteiger partial charge < -0.3 is 19.1 Å². The predicted molar refractivity (Wildman–Crippen MR) is 140 cm³/mol. The molecule has 35 heavy (non-hydrogen) atoms. The number of anilines is 2. The highest BCUT2D eigenvalue weighted by Gasteiger charge is 2.36. The van der Waals surface area contributed by atoms with E-state index in [1.807, 2.05) is 25.4 Å². The van der Waals surface area contributed by atoms with Crippen molar-refractivity contribution in [3.05, 3.63) is 65.4 Å². The Bertz CT molecular complexity index is 1150. The average molecular weight is 476 g/mol. The molecule has 0 atom stereocenters. The van der Waals surface area contributed by atoms with E-state index >= 15 is 0 Å². The van der Waals surface area contributed by atoms with E-state index in [9.17, 15) is 4.79 Å². The molecule has 1 aliphatic heterocycles. The van der Waals surface area contributed by atoms with Crippen LogP contribution in [-0.2, 0) is 12.8 Å². The van der Waals surface area contributed by atoms with Gasteiger partial charge in [0.15, 0.2) is 11.5 Å². The molecule has 0 saturated carbocycles. The molecule has 0 unspecified atom stereocenters. The van der Waals surface area contributed by atoms with Crippen LogP contribution in [0.25, 0.3) is 0 Å². The molecule has 0 N–H and O–H groups in total. The zero-order valence-electron chi connectivity index (χ0n) is 21.6. The van der Waals surface area contributed by atoms with Gasteiger partial charge in [-0.3, -0.25) is 9.78 Å². The van der Waals surface area contributed by atoms with Crippen LogP contribution in [0.5, 0.6) is 5.75 Å². The van der Waals surface area contributed by atoms with Crippen LogP contribution in [0.1, 0.15) is 79.9 Å². The fraction of sp³-hybridized carbons (Fsp3) is 0.464. The lowest BCUT2D eigenvalue weighted by Crippen LogP contribution is -2.43. The number of benzene rings is 1. The second-order valence-corrected chi connectivity index (χ2v) is 9.26. The fourth-order valence-corrected chi connectivity index (χ4v) is 5.10. The molecule has 3 aromatic rings. The van der Waals surface area contributed by atoms with Gasteiger partial charge in [-0.05, 0) is 48.2 Å². The number of methoxy groups -OCH3 is 1. The molecule has 1 amide bonds. The van der Waals surface area contributed by atoms with E-state index in [2.05, 4.69) is 53.4 Å². The molecule has 1 aromatic carbocycles. The first-order valence-corrected chi connectivity index (χ1v) is 12.7. The monoisotopic (exact) mass is 475 g/mol. The second-order valence-electron chi connectivity index (χ2n) is 9.26. The van der Waals surface area contributed by atoms with Crippen LogP contribution in [0.2, 0.25) is 0 Å². The van der Waals surface area contributed by atoms with Gasteiger partial charge >= 0.3 is 0 Å². The quantitative estimate of drug-likeness (QED) is 0.373. The first kappa shape index (κ1) is 24.8. The third-order valence-electron chi connectivity index (χ3n) is 6.74. The van der Waals surface area contributed by atoms with Crippen LogP contribution in [0.3, 0.4) is 0 Å². The fourth-order valence-electron chi connectivity index (χ4n) is 5.10. The van der Waals surface area contributed by atoms with E-state index in [1.165, 1.54) is 0 Å². The van der Waals surface area contributed by atoms with Crippen molar-refractivity contribution in [2.75, 3.05) is 25.7 Å². The molecule has 1 aliphatic rings. The molecular weight excluding hydrogens is 438 g/mol. The van der Waals surface area contributed by atoms with Crippen LogP contribution in [0.4, 0.5) is 11.5 Å². The van der Waals surface area contributed by atoms with Crippen molar-refractivity contribution >= 4 is 17.4 Å². The van der Waals surface area contributed by atoms with Crippen molar-refractivity contribution in [1.82, 2.24) is 19.4 Å². The van der Waals surface area contributed by atoms with E-state index in [4.69, 9.17) is 9.72 Å². The Hall–Kier alpha value is -3.35. The Morgan fingerprint density at radius 2 is 1.89 bits per heavy atom. The minimum absolute atomic E-state index is 0.0444. The van der Waals surface area contributed by atoms with Crippen LogP contribution < -0.4 is 9.64 Å². The maximum Gasteiger partial charge on any atom is 0.275 e. The summed E-state index contributed by atoms with van der Waals surface area (Å²) in [5.74, 6) is 2.60. The Balaban J connectivity index is 1.87. The summed E-state index contributed by atoms with van der Waals surface area (Å²) in [6, 6.07) is 10.5. The normalized spacial score (nSPS) is 13.5. The number of imidazole rings is 1. The molecule has 3 heterocycles. The van der Waals surface area contributed by atoms with Gasteiger partial charge in [0.25, 0.3) is 5.91 Å². The number of ether oxygens (including phenoxy) is 1. The molecule has 186 valence electrons. The van der Waals surface area contributed by atoms with E-state index in [1.54, 1.807) is 18.2 Å². The minimum atomic E-state index is 0.0444. The first-order chi connectivity index (χ1) is 17.0. The lowest BCUT2D eigenvalue weighted by Gasteiger charge is -2.36. The van der Waals surface area contributed by atoms with Crippen molar-refractivity contribution in [1.29, 1.82) is 0 Å². The van der Waals surface area contributed by atoms with Crippen LogP contribution >= 0.6 is 0 Å². The molecule has 0 fully saturated rings. The third-order valence-corrected chi connectivity index (χ3v) is 6.74. The predicted octanol–water partition coefficient (Wildman–Crippen LogP) is 5.76. The zero-order valence-corrected chi connectivity index (χ0v) is 21.6. The summed E-state index contributed by atoms with van der Waals surface area (Å²) in [5.41, 5.74) is 3.97. The highest BCUT2D eigenvalue weighted by molar-refractivity contribution is 6.00. The Labute approximate surface area is 208 Å². The van der Waals surface area contributed by atoms with E-state index in [-0.39, 0.29) is 11.9 Å². The number of pyridine rings is 1. The van der Waals surface area contributed by atoms with Crippen molar-refractivity contribution < 1.29 is 9.53 Å². The summed E-state index contributed by atoms with van der Waals surface area (Å²) in [6.07, 6.45) is 9.39. The molecular formula is C28H37N5O2. The van der Waals surface area contributed by atoms with Crippen molar-refractivity contribution in [3.8, 4) is 5.75 Å². The van der Waals surface area contributed by atoms with Gasteiger partial charge in [0, 0.05) is 44.0 Å². The van der Waals surface area contributed by atoms with Gasteiger partial charge in [0.1, 0.15) is 11.6 Å². The number of aryl methyl sites for hydroxylation is 1. The van der Waals surface area contributed by atoms with Gasteiger partial charge in [-0.15, -0.1) is 0 Å². The summed E-state index contributed by atoms with van der Waals surface area (Å²) < 4.78 is 7.80. The van der Waals surface area contributed by atoms with E-state index < -0.39 is 0 Å². The van der Waals surface area contributed by atoms with Gasteiger partial charge in [-0.2, -0.15) is 0 Å². The number of amides is 1. The lowest BCUT2D eigenvalue weighted by molar-refractivity contribution is 0.0772. The van der Waals surface area contributed by atoms with Crippen molar-refractivity contribution in [2.24, 2.45) is 0 Å². The topological polar surface area (TPSA) is 63.5 Å².